The first-order valence-corrected chi connectivity index (χ1v) is 5.70. The molecule has 0 N–H and O–H groups in total. The smallest absolute Gasteiger partial charge is 0.251 e. The second kappa shape index (κ2) is 4.14. The first-order chi connectivity index (χ1) is 8.74. The topological polar surface area (TPSA) is 52.1 Å². The van der Waals surface area contributed by atoms with Gasteiger partial charge in [0.15, 0.2) is 0 Å². The molecule has 1 aromatic carbocycles. The summed E-state index contributed by atoms with van der Waals surface area (Å²) < 4.78 is 11.1. The molecular weight excluding hydrogens is 228 g/mol. The van der Waals surface area contributed by atoms with Crippen molar-refractivity contribution < 1.29 is 8.83 Å². The van der Waals surface area contributed by atoms with E-state index in [0.29, 0.717) is 11.8 Å². The van der Waals surface area contributed by atoms with Crippen molar-refractivity contribution in [3.63, 3.8) is 0 Å². The van der Waals surface area contributed by atoms with E-state index in [1.165, 1.54) is 0 Å². The van der Waals surface area contributed by atoms with E-state index in [9.17, 15) is 0 Å². The maximum Gasteiger partial charge on any atom is 0.251 e. The largest absolute Gasteiger partial charge is 0.466 e. The number of furan rings is 1. The molecule has 0 aliphatic rings. The van der Waals surface area contributed by atoms with Crippen molar-refractivity contribution in [1.29, 1.82) is 0 Å². The minimum Gasteiger partial charge on any atom is -0.466 e. The van der Waals surface area contributed by atoms with Crippen LogP contribution in [0.25, 0.3) is 22.9 Å². The van der Waals surface area contributed by atoms with Gasteiger partial charge < -0.3 is 8.83 Å². The Morgan fingerprint density at radius 1 is 0.889 bits per heavy atom. The average molecular weight is 240 g/mol. The van der Waals surface area contributed by atoms with Gasteiger partial charge in [0.1, 0.15) is 11.5 Å². The number of aryl methyl sites for hydroxylation is 2. The van der Waals surface area contributed by atoms with Crippen LogP contribution in [-0.2, 0) is 0 Å². The van der Waals surface area contributed by atoms with E-state index in [1.807, 2.05) is 50.2 Å². The number of nitrogens with zero attached hydrogens (tertiary/aromatic N) is 2. The number of benzene rings is 1. The highest BCUT2D eigenvalue weighted by atomic mass is 16.4. The summed E-state index contributed by atoms with van der Waals surface area (Å²) in [4.78, 5) is 0. The second-order valence-corrected chi connectivity index (χ2v) is 4.11. The molecular formula is C14H12N2O2. The van der Waals surface area contributed by atoms with Crippen LogP contribution in [0.4, 0.5) is 0 Å². The maximum absolute atomic E-state index is 5.67. The molecule has 0 aliphatic carbocycles. The van der Waals surface area contributed by atoms with Crippen molar-refractivity contribution in [2.75, 3.05) is 0 Å². The standard InChI is InChI=1S/C14H12N2O2/c1-9-8-12(10(2)17-9)14-16-15-13(18-14)11-6-4-3-5-7-11/h3-8H,1-2H3. The van der Waals surface area contributed by atoms with Crippen molar-refractivity contribution >= 4 is 0 Å². The van der Waals surface area contributed by atoms with Gasteiger partial charge in [-0.15, -0.1) is 10.2 Å². The summed E-state index contributed by atoms with van der Waals surface area (Å²) in [5.41, 5.74) is 1.76. The van der Waals surface area contributed by atoms with Crippen molar-refractivity contribution in [3.8, 4) is 22.9 Å². The fourth-order valence-corrected chi connectivity index (χ4v) is 1.87. The molecule has 0 amide bonds. The lowest BCUT2D eigenvalue weighted by molar-refractivity contribution is 0.503. The van der Waals surface area contributed by atoms with Crippen LogP contribution < -0.4 is 0 Å². The second-order valence-electron chi connectivity index (χ2n) is 4.11. The minimum atomic E-state index is 0.489. The molecule has 0 unspecified atom stereocenters. The van der Waals surface area contributed by atoms with Crippen LogP contribution in [0, 0.1) is 13.8 Å². The highest BCUT2D eigenvalue weighted by molar-refractivity contribution is 5.59. The molecule has 0 radical (unpaired) electrons. The molecule has 18 heavy (non-hydrogen) atoms. The Kier molecular flexibility index (Phi) is 2.48. The highest BCUT2D eigenvalue weighted by Crippen LogP contribution is 2.28. The summed E-state index contributed by atoms with van der Waals surface area (Å²) in [6, 6.07) is 11.6. The Hall–Kier alpha value is -2.36. The molecule has 0 fully saturated rings. The summed E-state index contributed by atoms with van der Waals surface area (Å²) in [5, 5.41) is 8.12. The maximum atomic E-state index is 5.67. The van der Waals surface area contributed by atoms with E-state index in [2.05, 4.69) is 10.2 Å². The summed E-state index contributed by atoms with van der Waals surface area (Å²) in [7, 11) is 0. The lowest BCUT2D eigenvalue weighted by Gasteiger charge is -1.92. The van der Waals surface area contributed by atoms with Gasteiger partial charge in [0.2, 0.25) is 5.89 Å². The number of rotatable bonds is 2. The van der Waals surface area contributed by atoms with Crippen LogP contribution in [0.5, 0.6) is 0 Å². The van der Waals surface area contributed by atoms with Gasteiger partial charge in [-0.2, -0.15) is 0 Å². The highest BCUT2D eigenvalue weighted by Gasteiger charge is 2.15. The van der Waals surface area contributed by atoms with E-state index in [4.69, 9.17) is 8.83 Å². The zero-order chi connectivity index (χ0) is 12.5. The predicted molar refractivity (Wildman–Crippen MR) is 66.9 cm³/mol. The SMILES string of the molecule is Cc1cc(-c2nnc(-c3ccccc3)o2)c(C)o1. The molecule has 0 atom stereocenters. The van der Waals surface area contributed by atoms with Crippen molar-refractivity contribution in [3.05, 3.63) is 47.9 Å². The van der Waals surface area contributed by atoms with Crippen LogP contribution in [0.15, 0.2) is 45.2 Å². The van der Waals surface area contributed by atoms with E-state index in [1.54, 1.807) is 0 Å². The van der Waals surface area contributed by atoms with Gasteiger partial charge in [-0.3, -0.25) is 0 Å². The lowest BCUT2D eigenvalue weighted by Crippen LogP contribution is -1.76. The normalized spacial score (nSPS) is 10.8. The molecule has 2 heterocycles. The van der Waals surface area contributed by atoms with Gasteiger partial charge in [0.05, 0.1) is 5.56 Å². The molecule has 4 heteroatoms. The van der Waals surface area contributed by atoms with Gasteiger partial charge in [0, 0.05) is 5.56 Å². The van der Waals surface area contributed by atoms with Crippen LogP contribution in [-0.4, -0.2) is 10.2 Å². The molecule has 3 rings (SSSR count). The Morgan fingerprint density at radius 3 is 2.28 bits per heavy atom. The van der Waals surface area contributed by atoms with Crippen LogP contribution >= 0.6 is 0 Å². The summed E-state index contributed by atoms with van der Waals surface area (Å²) in [6.07, 6.45) is 0. The van der Waals surface area contributed by atoms with E-state index < -0.39 is 0 Å². The van der Waals surface area contributed by atoms with Gasteiger partial charge in [-0.25, -0.2) is 0 Å². The Bertz CT molecular complexity index is 668. The van der Waals surface area contributed by atoms with Gasteiger partial charge in [0.25, 0.3) is 5.89 Å². The third kappa shape index (κ3) is 1.82. The minimum absolute atomic E-state index is 0.489. The van der Waals surface area contributed by atoms with Crippen LogP contribution in [0.2, 0.25) is 0 Å². The molecule has 2 aromatic heterocycles. The quantitative estimate of drug-likeness (QED) is 0.686. The van der Waals surface area contributed by atoms with E-state index in [0.717, 1.165) is 22.6 Å². The third-order valence-corrected chi connectivity index (χ3v) is 2.72. The van der Waals surface area contributed by atoms with E-state index in [-0.39, 0.29) is 0 Å². The molecule has 0 aliphatic heterocycles. The lowest BCUT2D eigenvalue weighted by atomic mass is 10.2. The average Bonchev–Trinajstić information content (AvgIpc) is 2.97. The third-order valence-electron chi connectivity index (χ3n) is 2.72. The van der Waals surface area contributed by atoms with Gasteiger partial charge in [-0.1, -0.05) is 18.2 Å². The van der Waals surface area contributed by atoms with Crippen molar-refractivity contribution in [2.24, 2.45) is 0 Å². The van der Waals surface area contributed by atoms with Crippen molar-refractivity contribution in [1.82, 2.24) is 10.2 Å². The molecule has 3 aromatic rings. The predicted octanol–water partition coefficient (Wildman–Crippen LogP) is 3.61. The van der Waals surface area contributed by atoms with Crippen LogP contribution in [0.1, 0.15) is 11.5 Å². The van der Waals surface area contributed by atoms with Crippen LogP contribution in [0.3, 0.4) is 0 Å². The fourth-order valence-electron chi connectivity index (χ4n) is 1.87. The zero-order valence-electron chi connectivity index (χ0n) is 10.2. The zero-order valence-corrected chi connectivity index (χ0v) is 10.2. The number of hydrogen-bond acceptors (Lipinski definition) is 4. The first-order valence-electron chi connectivity index (χ1n) is 5.70. The summed E-state index contributed by atoms with van der Waals surface area (Å²) in [6.45, 7) is 3.78. The Labute approximate surface area is 104 Å². The van der Waals surface area contributed by atoms with E-state index >= 15 is 0 Å². The monoisotopic (exact) mass is 240 g/mol. The number of aromatic nitrogens is 2. The van der Waals surface area contributed by atoms with Gasteiger partial charge in [-0.05, 0) is 32.0 Å². The number of hydrogen-bond donors (Lipinski definition) is 0. The molecule has 0 saturated heterocycles. The Morgan fingerprint density at radius 2 is 1.61 bits per heavy atom. The molecule has 90 valence electrons. The van der Waals surface area contributed by atoms with Gasteiger partial charge >= 0.3 is 0 Å². The summed E-state index contributed by atoms with van der Waals surface area (Å²) in [5.74, 6) is 2.63. The first kappa shape index (κ1) is 10.8. The summed E-state index contributed by atoms with van der Waals surface area (Å²) >= 11 is 0. The molecule has 4 nitrogen and oxygen atoms in total. The Balaban J connectivity index is 2.02. The molecule has 0 spiro atoms. The molecule has 0 saturated carbocycles. The molecule has 0 bridgehead atoms. The fraction of sp³-hybridized carbons (Fsp3) is 0.143. The van der Waals surface area contributed by atoms with Crippen molar-refractivity contribution in [2.45, 2.75) is 13.8 Å².